The molecule has 7 nitrogen and oxygen atoms in total. The van der Waals surface area contributed by atoms with Crippen molar-refractivity contribution in [1.82, 2.24) is 4.90 Å². The minimum Gasteiger partial charge on any atom is -0.494 e. The van der Waals surface area contributed by atoms with Gasteiger partial charge in [0.1, 0.15) is 5.75 Å². The van der Waals surface area contributed by atoms with Gasteiger partial charge < -0.3 is 19.8 Å². The van der Waals surface area contributed by atoms with Crippen LogP contribution in [0.2, 0.25) is 0 Å². The van der Waals surface area contributed by atoms with Crippen molar-refractivity contribution < 1.29 is 24.5 Å². The second-order valence-electron chi connectivity index (χ2n) is 7.01. The molecular weight excluding hydrogens is 348 g/mol. The predicted molar refractivity (Wildman–Crippen MR) is 98.4 cm³/mol. The minimum atomic E-state index is -1.82. The molecule has 2 unspecified atom stereocenters. The molecule has 7 heteroatoms. The fourth-order valence-corrected chi connectivity index (χ4v) is 3.77. The highest BCUT2D eigenvalue weighted by atomic mass is 16.5. The van der Waals surface area contributed by atoms with Gasteiger partial charge in [0.15, 0.2) is 0 Å². The maximum atomic E-state index is 9.10. The molecule has 0 amide bonds. The lowest BCUT2D eigenvalue weighted by Gasteiger charge is -2.16. The van der Waals surface area contributed by atoms with Gasteiger partial charge in [-0.2, -0.15) is 5.26 Å². The number of aliphatic carboxylic acids is 2. The van der Waals surface area contributed by atoms with Gasteiger partial charge in [-0.3, -0.25) is 0 Å². The summed E-state index contributed by atoms with van der Waals surface area (Å²) in [5.41, 5.74) is 0.682. The molecule has 0 spiro atoms. The molecule has 1 aromatic carbocycles. The van der Waals surface area contributed by atoms with E-state index in [9.17, 15) is 0 Å². The zero-order chi connectivity index (χ0) is 19.6. The molecule has 1 saturated heterocycles. The molecule has 0 aromatic heterocycles. The van der Waals surface area contributed by atoms with Crippen LogP contribution in [0.5, 0.6) is 5.75 Å². The van der Waals surface area contributed by atoms with Crippen LogP contribution in [0.1, 0.15) is 37.7 Å². The number of likely N-dealkylation sites (tertiary alicyclic amines) is 1. The summed E-state index contributed by atoms with van der Waals surface area (Å²) in [5, 5.41) is 23.5. The number of hydrogen-bond donors (Lipinski definition) is 2. The molecule has 2 atom stereocenters. The fraction of sp³-hybridized carbons (Fsp3) is 0.550. The van der Waals surface area contributed by atoms with Gasteiger partial charge in [0.25, 0.3) is 0 Å². The first-order chi connectivity index (χ1) is 13.0. The summed E-state index contributed by atoms with van der Waals surface area (Å²) in [6, 6.07) is 9.48. The number of hydrogen-bond acceptors (Lipinski definition) is 5. The lowest BCUT2D eigenvalue weighted by atomic mass is 10.0. The first-order valence-corrected chi connectivity index (χ1v) is 9.31. The van der Waals surface area contributed by atoms with E-state index >= 15 is 0 Å². The summed E-state index contributed by atoms with van der Waals surface area (Å²) in [6.07, 6.45) is 6.70. The maximum Gasteiger partial charge on any atom is 0.414 e. The number of ether oxygens (including phenoxy) is 1. The van der Waals surface area contributed by atoms with Crippen LogP contribution >= 0.6 is 0 Å². The van der Waals surface area contributed by atoms with Crippen molar-refractivity contribution in [1.29, 1.82) is 5.26 Å². The summed E-state index contributed by atoms with van der Waals surface area (Å²) < 4.78 is 5.72. The van der Waals surface area contributed by atoms with E-state index < -0.39 is 11.9 Å². The second kappa shape index (κ2) is 10.5. The quantitative estimate of drug-likeness (QED) is 0.581. The van der Waals surface area contributed by atoms with Crippen LogP contribution in [0.3, 0.4) is 0 Å². The smallest absolute Gasteiger partial charge is 0.414 e. The Morgan fingerprint density at radius 2 is 1.67 bits per heavy atom. The third-order valence-corrected chi connectivity index (χ3v) is 5.11. The number of carboxylic acids is 2. The average Bonchev–Trinajstić information content (AvgIpc) is 3.24. The van der Waals surface area contributed by atoms with E-state index in [-0.39, 0.29) is 0 Å². The number of carbonyl (C=O) groups is 2. The number of nitriles is 1. The lowest BCUT2D eigenvalue weighted by Crippen LogP contribution is -2.23. The summed E-state index contributed by atoms with van der Waals surface area (Å²) in [4.78, 5) is 20.8. The van der Waals surface area contributed by atoms with Crippen molar-refractivity contribution in [3.8, 4) is 11.8 Å². The number of fused-ring (bicyclic) bond motifs is 1. The molecule has 2 aliphatic rings. The Balaban J connectivity index is 0.000000380. The highest BCUT2D eigenvalue weighted by molar-refractivity contribution is 6.27. The van der Waals surface area contributed by atoms with Gasteiger partial charge in [-0.25, -0.2) is 9.59 Å². The second-order valence-corrected chi connectivity index (χ2v) is 7.01. The standard InChI is InChI=1S/C18H24N2O.C2H2O4/c19-12-15-6-8-18(9-7-15)21-11-2-1-10-20-13-16-4-3-5-17(16)14-20;3-1(4)2(5)6/h6-9,16-17H,1-5,10-11,13-14H2;(H,3,4)(H,5,6). The molecule has 146 valence electrons. The van der Waals surface area contributed by atoms with E-state index in [0.717, 1.165) is 30.6 Å². The molecule has 0 bridgehead atoms. The van der Waals surface area contributed by atoms with Crippen LogP contribution in [0, 0.1) is 23.2 Å². The first kappa shape index (κ1) is 20.7. The normalized spacial score (nSPS) is 20.9. The molecule has 2 fully saturated rings. The zero-order valence-corrected chi connectivity index (χ0v) is 15.3. The van der Waals surface area contributed by atoms with Crippen molar-refractivity contribution in [2.24, 2.45) is 11.8 Å². The average molecular weight is 374 g/mol. The fourth-order valence-electron chi connectivity index (χ4n) is 3.77. The summed E-state index contributed by atoms with van der Waals surface area (Å²) in [5.74, 6) is -0.783. The van der Waals surface area contributed by atoms with Crippen LogP contribution in [-0.2, 0) is 9.59 Å². The van der Waals surface area contributed by atoms with Gasteiger partial charge in [-0.05, 0) is 68.3 Å². The number of rotatable bonds is 6. The van der Waals surface area contributed by atoms with Gasteiger partial charge in [-0.15, -0.1) is 0 Å². The SMILES string of the molecule is N#Cc1ccc(OCCCCN2CC3CCCC3C2)cc1.O=C(O)C(=O)O. The lowest BCUT2D eigenvalue weighted by molar-refractivity contribution is -0.159. The van der Waals surface area contributed by atoms with Gasteiger partial charge in [0.2, 0.25) is 0 Å². The number of benzene rings is 1. The first-order valence-electron chi connectivity index (χ1n) is 9.31. The number of unbranched alkanes of at least 4 members (excludes halogenated alkanes) is 1. The van der Waals surface area contributed by atoms with E-state index in [4.69, 9.17) is 29.8 Å². The van der Waals surface area contributed by atoms with Crippen LogP contribution in [0.15, 0.2) is 24.3 Å². The third kappa shape index (κ3) is 6.91. The van der Waals surface area contributed by atoms with Crippen LogP contribution in [0.4, 0.5) is 0 Å². The van der Waals surface area contributed by atoms with Crippen LogP contribution in [0.25, 0.3) is 0 Å². The van der Waals surface area contributed by atoms with Crippen molar-refractivity contribution in [3.05, 3.63) is 29.8 Å². The van der Waals surface area contributed by atoms with E-state index in [2.05, 4.69) is 11.0 Å². The Bertz CT molecular complexity index is 644. The largest absolute Gasteiger partial charge is 0.494 e. The number of carboxylic acid groups (broad SMARTS) is 2. The highest BCUT2D eigenvalue weighted by Crippen LogP contribution is 2.37. The Hall–Kier alpha value is -2.59. The molecule has 1 aromatic rings. The van der Waals surface area contributed by atoms with Crippen LogP contribution in [-0.4, -0.2) is 53.3 Å². The zero-order valence-electron chi connectivity index (χ0n) is 15.3. The summed E-state index contributed by atoms with van der Waals surface area (Å²) in [6.45, 7) is 4.67. The Labute approximate surface area is 159 Å². The molecule has 0 radical (unpaired) electrons. The molecule has 1 heterocycles. The molecular formula is C20H26N2O5. The maximum absolute atomic E-state index is 9.10. The Kier molecular flexibility index (Phi) is 8.08. The van der Waals surface area contributed by atoms with Gasteiger partial charge in [-0.1, -0.05) is 6.42 Å². The Morgan fingerprint density at radius 1 is 1.07 bits per heavy atom. The van der Waals surface area contributed by atoms with E-state index in [1.807, 2.05) is 12.1 Å². The molecule has 1 aliphatic heterocycles. The summed E-state index contributed by atoms with van der Waals surface area (Å²) in [7, 11) is 0. The van der Waals surface area contributed by atoms with Gasteiger partial charge in [0, 0.05) is 13.1 Å². The van der Waals surface area contributed by atoms with E-state index in [1.165, 1.54) is 45.3 Å². The minimum absolute atomic E-state index is 0.682. The topological polar surface area (TPSA) is 111 Å². The molecule has 2 N–H and O–H groups in total. The van der Waals surface area contributed by atoms with Crippen molar-refractivity contribution in [2.45, 2.75) is 32.1 Å². The van der Waals surface area contributed by atoms with Crippen molar-refractivity contribution in [2.75, 3.05) is 26.2 Å². The van der Waals surface area contributed by atoms with Crippen molar-refractivity contribution >= 4 is 11.9 Å². The Morgan fingerprint density at radius 3 is 2.19 bits per heavy atom. The van der Waals surface area contributed by atoms with Gasteiger partial charge >= 0.3 is 11.9 Å². The summed E-state index contributed by atoms with van der Waals surface area (Å²) >= 11 is 0. The third-order valence-electron chi connectivity index (χ3n) is 5.11. The molecule has 1 saturated carbocycles. The molecule has 27 heavy (non-hydrogen) atoms. The highest BCUT2D eigenvalue weighted by Gasteiger charge is 2.35. The number of nitrogens with zero attached hydrogens (tertiary/aromatic N) is 2. The molecule has 3 rings (SSSR count). The predicted octanol–water partition coefficient (Wildman–Crippen LogP) is 2.60. The monoisotopic (exact) mass is 374 g/mol. The van der Waals surface area contributed by atoms with Crippen molar-refractivity contribution in [3.63, 3.8) is 0 Å². The van der Waals surface area contributed by atoms with Gasteiger partial charge in [0.05, 0.1) is 18.2 Å². The molecule has 1 aliphatic carbocycles. The van der Waals surface area contributed by atoms with E-state index in [1.54, 1.807) is 12.1 Å². The van der Waals surface area contributed by atoms with E-state index in [0.29, 0.717) is 5.56 Å². The van der Waals surface area contributed by atoms with Crippen LogP contribution < -0.4 is 4.74 Å².